The van der Waals surface area contributed by atoms with Gasteiger partial charge in [-0.15, -0.1) is 0 Å². The summed E-state index contributed by atoms with van der Waals surface area (Å²) in [7, 11) is 1.84. The number of piperazine rings is 1. The Balaban J connectivity index is 1.35. The third kappa shape index (κ3) is 5.73. The maximum atomic E-state index is 12.8. The minimum absolute atomic E-state index is 0.0235. The molecular formula is C25H33N5O2. The number of benzene rings is 2. The van der Waals surface area contributed by atoms with E-state index in [0.717, 1.165) is 31.6 Å². The minimum Gasteiger partial charge on any atom is -0.353 e. The van der Waals surface area contributed by atoms with Crippen molar-refractivity contribution in [2.24, 2.45) is 5.92 Å². The van der Waals surface area contributed by atoms with Crippen molar-refractivity contribution >= 4 is 11.8 Å². The SMILES string of the molecule is CN(CCC1CNNC1)C(=O)CC1C(=O)NCCN1Cc1ccc(-c2ccccc2)cc1. The largest absolute Gasteiger partial charge is 0.353 e. The fourth-order valence-corrected chi connectivity index (χ4v) is 4.37. The monoisotopic (exact) mass is 435 g/mol. The van der Waals surface area contributed by atoms with E-state index in [2.05, 4.69) is 57.5 Å². The molecule has 0 radical (unpaired) electrons. The zero-order valence-corrected chi connectivity index (χ0v) is 18.7. The lowest BCUT2D eigenvalue weighted by Crippen LogP contribution is -2.56. The van der Waals surface area contributed by atoms with Gasteiger partial charge in [0.05, 0.1) is 12.5 Å². The molecule has 4 rings (SSSR count). The average molecular weight is 436 g/mol. The van der Waals surface area contributed by atoms with E-state index in [4.69, 9.17) is 0 Å². The quantitative estimate of drug-likeness (QED) is 0.588. The second-order valence-electron chi connectivity index (χ2n) is 8.78. The molecule has 170 valence electrons. The van der Waals surface area contributed by atoms with Crippen molar-refractivity contribution in [2.75, 3.05) is 39.8 Å². The van der Waals surface area contributed by atoms with Crippen LogP contribution >= 0.6 is 0 Å². The fraction of sp³-hybridized carbons (Fsp3) is 0.440. The molecule has 2 fully saturated rings. The molecule has 0 saturated carbocycles. The van der Waals surface area contributed by atoms with Gasteiger partial charge in [-0.2, -0.15) is 0 Å². The van der Waals surface area contributed by atoms with Gasteiger partial charge in [0.1, 0.15) is 0 Å². The van der Waals surface area contributed by atoms with Crippen molar-refractivity contribution < 1.29 is 9.59 Å². The zero-order valence-electron chi connectivity index (χ0n) is 18.7. The molecule has 1 atom stereocenters. The molecular weight excluding hydrogens is 402 g/mol. The Bertz CT molecular complexity index is 896. The maximum absolute atomic E-state index is 12.8. The Labute approximate surface area is 190 Å². The van der Waals surface area contributed by atoms with Crippen LogP contribution in [0.1, 0.15) is 18.4 Å². The van der Waals surface area contributed by atoms with Crippen LogP contribution in [-0.4, -0.2) is 67.4 Å². The van der Waals surface area contributed by atoms with E-state index in [-0.39, 0.29) is 18.2 Å². The zero-order chi connectivity index (χ0) is 22.3. The van der Waals surface area contributed by atoms with Crippen LogP contribution in [0.3, 0.4) is 0 Å². The van der Waals surface area contributed by atoms with Crippen LogP contribution < -0.4 is 16.2 Å². The third-order valence-electron chi connectivity index (χ3n) is 6.46. The number of hydrogen-bond acceptors (Lipinski definition) is 5. The lowest BCUT2D eigenvalue weighted by molar-refractivity contribution is -0.138. The number of hydrogen-bond donors (Lipinski definition) is 3. The summed E-state index contributed by atoms with van der Waals surface area (Å²) in [6, 6.07) is 18.3. The first-order valence-corrected chi connectivity index (χ1v) is 11.5. The highest BCUT2D eigenvalue weighted by Gasteiger charge is 2.32. The van der Waals surface area contributed by atoms with Gasteiger partial charge in [-0.25, -0.2) is 0 Å². The summed E-state index contributed by atoms with van der Waals surface area (Å²) in [5.41, 5.74) is 9.76. The lowest BCUT2D eigenvalue weighted by Gasteiger charge is -2.35. The predicted octanol–water partition coefficient (Wildman–Crippen LogP) is 1.62. The van der Waals surface area contributed by atoms with Crippen molar-refractivity contribution in [1.29, 1.82) is 0 Å². The van der Waals surface area contributed by atoms with E-state index in [1.165, 1.54) is 11.1 Å². The van der Waals surface area contributed by atoms with Crippen LogP contribution in [0, 0.1) is 5.92 Å². The lowest BCUT2D eigenvalue weighted by atomic mass is 10.0. The van der Waals surface area contributed by atoms with Crippen molar-refractivity contribution in [3.63, 3.8) is 0 Å². The van der Waals surface area contributed by atoms with Crippen molar-refractivity contribution in [3.8, 4) is 11.1 Å². The highest BCUT2D eigenvalue weighted by molar-refractivity contribution is 5.88. The van der Waals surface area contributed by atoms with Gasteiger partial charge in [0.15, 0.2) is 0 Å². The first-order valence-electron chi connectivity index (χ1n) is 11.5. The summed E-state index contributed by atoms with van der Waals surface area (Å²) in [6.45, 7) is 4.59. The summed E-state index contributed by atoms with van der Waals surface area (Å²) in [5.74, 6) is 0.511. The van der Waals surface area contributed by atoms with Crippen molar-refractivity contribution in [1.82, 2.24) is 26.0 Å². The van der Waals surface area contributed by atoms with Gasteiger partial charge in [0.2, 0.25) is 11.8 Å². The van der Waals surface area contributed by atoms with Crippen LogP contribution in [0.15, 0.2) is 54.6 Å². The molecule has 2 aliphatic rings. The minimum atomic E-state index is -0.428. The van der Waals surface area contributed by atoms with Gasteiger partial charge >= 0.3 is 0 Å². The second kappa shape index (κ2) is 10.7. The molecule has 2 amide bonds. The molecule has 2 saturated heterocycles. The van der Waals surface area contributed by atoms with Crippen LogP contribution in [0.2, 0.25) is 0 Å². The molecule has 0 aromatic heterocycles. The fourth-order valence-electron chi connectivity index (χ4n) is 4.37. The molecule has 7 heteroatoms. The summed E-state index contributed by atoms with van der Waals surface area (Å²) in [5, 5.41) is 2.93. The van der Waals surface area contributed by atoms with Crippen LogP contribution in [0.25, 0.3) is 11.1 Å². The molecule has 3 N–H and O–H groups in total. The van der Waals surface area contributed by atoms with Gasteiger partial charge in [0.25, 0.3) is 0 Å². The Hall–Kier alpha value is -2.74. The molecule has 2 heterocycles. The average Bonchev–Trinajstić information content (AvgIpc) is 3.34. The van der Waals surface area contributed by atoms with E-state index in [1.807, 2.05) is 25.2 Å². The molecule has 0 aliphatic carbocycles. The summed E-state index contributed by atoms with van der Waals surface area (Å²) < 4.78 is 0. The second-order valence-corrected chi connectivity index (χ2v) is 8.78. The third-order valence-corrected chi connectivity index (χ3v) is 6.46. The molecule has 7 nitrogen and oxygen atoms in total. The van der Waals surface area contributed by atoms with Crippen LogP contribution in [0.4, 0.5) is 0 Å². The van der Waals surface area contributed by atoms with Crippen molar-refractivity contribution in [3.05, 3.63) is 60.2 Å². The number of amides is 2. The molecule has 2 aliphatic heterocycles. The molecule has 2 aromatic carbocycles. The van der Waals surface area contributed by atoms with Gasteiger partial charge in [-0.05, 0) is 29.0 Å². The number of nitrogens with zero attached hydrogens (tertiary/aromatic N) is 2. The van der Waals surface area contributed by atoms with Gasteiger partial charge in [-0.3, -0.25) is 25.3 Å². The van der Waals surface area contributed by atoms with E-state index in [9.17, 15) is 9.59 Å². The Morgan fingerprint density at radius 2 is 1.72 bits per heavy atom. The Morgan fingerprint density at radius 1 is 1.03 bits per heavy atom. The summed E-state index contributed by atoms with van der Waals surface area (Å²) in [4.78, 5) is 29.4. The highest BCUT2D eigenvalue weighted by Crippen LogP contribution is 2.21. The first kappa shape index (κ1) is 22.5. The van der Waals surface area contributed by atoms with Crippen LogP contribution in [0.5, 0.6) is 0 Å². The highest BCUT2D eigenvalue weighted by atomic mass is 16.2. The topological polar surface area (TPSA) is 76.7 Å². The van der Waals surface area contributed by atoms with E-state index >= 15 is 0 Å². The first-order chi connectivity index (χ1) is 15.6. The van der Waals surface area contributed by atoms with Crippen molar-refractivity contribution in [2.45, 2.75) is 25.4 Å². The number of rotatable bonds is 8. The molecule has 2 aromatic rings. The normalized spacial score (nSPS) is 19.7. The van der Waals surface area contributed by atoms with Crippen LogP contribution in [-0.2, 0) is 16.1 Å². The smallest absolute Gasteiger partial charge is 0.237 e. The number of carbonyl (C=O) groups is 2. The predicted molar refractivity (Wildman–Crippen MR) is 125 cm³/mol. The number of carbonyl (C=O) groups excluding carboxylic acids is 2. The number of nitrogens with one attached hydrogen (secondary N) is 3. The summed E-state index contributed by atoms with van der Waals surface area (Å²) >= 11 is 0. The number of hydrazine groups is 1. The van der Waals surface area contributed by atoms with Gasteiger partial charge in [0, 0.05) is 46.3 Å². The van der Waals surface area contributed by atoms with Gasteiger partial charge in [-0.1, -0.05) is 54.6 Å². The molecule has 0 bridgehead atoms. The molecule has 1 unspecified atom stereocenters. The Kier molecular flexibility index (Phi) is 7.52. The van der Waals surface area contributed by atoms with Gasteiger partial charge < -0.3 is 10.2 Å². The standard InChI is InChI=1S/C25H33N5O2/c1-29(13-11-20-16-27-28-17-20)24(31)15-23-25(32)26-12-14-30(23)18-19-7-9-22(10-8-19)21-5-3-2-4-6-21/h2-10,20,23,27-28H,11-18H2,1H3,(H,26,32). The van der Waals surface area contributed by atoms with E-state index in [1.54, 1.807) is 4.90 Å². The maximum Gasteiger partial charge on any atom is 0.237 e. The van der Waals surface area contributed by atoms with E-state index < -0.39 is 6.04 Å². The Morgan fingerprint density at radius 3 is 2.44 bits per heavy atom. The summed E-state index contributed by atoms with van der Waals surface area (Å²) in [6.07, 6.45) is 1.17. The molecule has 0 spiro atoms. The molecule has 32 heavy (non-hydrogen) atoms. The van der Waals surface area contributed by atoms with E-state index in [0.29, 0.717) is 25.6 Å².